The van der Waals surface area contributed by atoms with Gasteiger partial charge >= 0.3 is 5.97 Å². The Kier molecular flexibility index (Phi) is 11.1. The molecule has 0 aromatic carbocycles. The second-order valence-corrected chi connectivity index (χ2v) is 7.57. The van der Waals surface area contributed by atoms with E-state index in [2.05, 4.69) is 6.92 Å². The summed E-state index contributed by atoms with van der Waals surface area (Å²) in [5.74, 6) is -0.0925. The van der Waals surface area contributed by atoms with Crippen LogP contribution in [0, 0.1) is 5.92 Å². The van der Waals surface area contributed by atoms with Gasteiger partial charge in [-0.2, -0.15) is 0 Å². The molecule has 0 amide bonds. The van der Waals surface area contributed by atoms with E-state index in [1.165, 1.54) is 32.1 Å². The number of rotatable bonds is 12. The molecule has 0 aromatic heterocycles. The Bertz CT molecular complexity index is 393. The molecule has 1 saturated carbocycles. The van der Waals surface area contributed by atoms with E-state index in [1.807, 2.05) is 12.2 Å². The van der Waals surface area contributed by atoms with Crippen molar-refractivity contribution in [2.24, 2.45) is 5.92 Å². The molecule has 1 aliphatic rings. The lowest BCUT2D eigenvalue weighted by molar-refractivity contribution is -0.150. The first kappa shape index (κ1) is 22.2. The molecule has 0 heterocycles. The lowest BCUT2D eigenvalue weighted by Crippen LogP contribution is -2.37. The monoisotopic (exact) mass is 354 g/mol. The Morgan fingerprint density at radius 3 is 2.68 bits per heavy atom. The number of carbonyl (C=O) groups is 1. The molecule has 25 heavy (non-hydrogen) atoms. The quantitative estimate of drug-likeness (QED) is 0.307. The minimum Gasteiger partial charge on any atom is -0.466 e. The number of unbranched alkanes of at least 4 members (excludes halogenated alkanes) is 5. The van der Waals surface area contributed by atoms with Crippen molar-refractivity contribution in [2.75, 3.05) is 6.61 Å². The summed E-state index contributed by atoms with van der Waals surface area (Å²) < 4.78 is 4.97. The van der Waals surface area contributed by atoms with Crippen molar-refractivity contribution in [1.29, 1.82) is 0 Å². The fraction of sp³-hybridized carbons (Fsp3) is 0.857. The zero-order valence-electron chi connectivity index (χ0n) is 16.2. The van der Waals surface area contributed by atoms with Crippen LogP contribution in [-0.2, 0) is 9.53 Å². The van der Waals surface area contributed by atoms with Gasteiger partial charge in [-0.25, -0.2) is 0 Å². The predicted molar refractivity (Wildman–Crippen MR) is 101 cm³/mol. The van der Waals surface area contributed by atoms with E-state index in [1.54, 1.807) is 6.92 Å². The summed E-state index contributed by atoms with van der Waals surface area (Å²) in [5.41, 5.74) is -0.955. The van der Waals surface area contributed by atoms with Crippen molar-refractivity contribution in [1.82, 2.24) is 0 Å². The molecule has 4 nitrogen and oxygen atoms in total. The van der Waals surface area contributed by atoms with Gasteiger partial charge in [-0.3, -0.25) is 4.79 Å². The highest BCUT2D eigenvalue weighted by atomic mass is 16.5. The van der Waals surface area contributed by atoms with Crippen LogP contribution in [-0.4, -0.2) is 34.5 Å². The Balaban J connectivity index is 2.30. The third kappa shape index (κ3) is 10.0. The van der Waals surface area contributed by atoms with Gasteiger partial charge in [0.1, 0.15) is 0 Å². The topological polar surface area (TPSA) is 66.8 Å². The number of ether oxygens (including phenoxy) is 1. The van der Waals surface area contributed by atoms with Gasteiger partial charge in [0.2, 0.25) is 0 Å². The smallest absolute Gasteiger partial charge is 0.308 e. The molecule has 1 unspecified atom stereocenters. The molecule has 4 heteroatoms. The van der Waals surface area contributed by atoms with E-state index in [9.17, 15) is 15.0 Å². The normalized spacial score (nSPS) is 25.2. The molecule has 0 aromatic rings. The van der Waals surface area contributed by atoms with Crippen molar-refractivity contribution in [3.63, 3.8) is 0 Å². The van der Waals surface area contributed by atoms with Crippen molar-refractivity contribution in [3.05, 3.63) is 12.2 Å². The minimum absolute atomic E-state index is 0.0749. The highest BCUT2D eigenvalue weighted by Crippen LogP contribution is 2.35. The fourth-order valence-corrected chi connectivity index (χ4v) is 3.71. The molecule has 146 valence electrons. The Morgan fingerprint density at radius 1 is 1.24 bits per heavy atom. The van der Waals surface area contributed by atoms with Crippen LogP contribution in [0.1, 0.15) is 90.9 Å². The summed E-state index contributed by atoms with van der Waals surface area (Å²) in [6.45, 7) is 4.34. The van der Waals surface area contributed by atoms with Crippen LogP contribution in [0.25, 0.3) is 0 Å². The summed E-state index contributed by atoms with van der Waals surface area (Å²) in [4.78, 5) is 11.7. The zero-order valence-corrected chi connectivity index (χ0v) is 16.2. The van der Waals surface area contributed by atoms with Crippen molar-refractivity contribution in [2.45, 2.75) is 103 Å². The molecule has 0 spiro atoms. The van der Waals surface area contributed by atoms with E-state index < -0.39 is 11.7 Å². The molecule has 0 radical (unpaired) electrons. The molecule has 1 aliphatic carbocycles. The van der Waals surface area contributed by atoms with E-state index in [0.717, 1.165) is 25.7 Å². The summed E-state index contributed by atoms with van der Waals surface area (Å²) in [6, 6.07) is 0. The molecule has 0 saturated heterocycles. The second kappa shape index (κ2) is 12.5. The van der Waals surface area contributed by atoms with E-state index in [-0.39, 0.29) is 18.3 Å². The molecule has 0 bridgehead atoms. The van der Waals surface area contributed by atoms with Crippen LogP contribution < -0.4 is 0 Å². The molecule has 3 atom stereocenters. The maximum Gasteiger partial charge on any atom is 0.308 e. The molecule has 1 fully saturated rings. The van der Waals surface area contributed by atoms with Gasteiger partial charge in [0, 0.05) is 0 Å². The van der Waals surface area contributed by atoms with Crippen LogP contribution in [0.2, 0.25) is 0 Å². The number of allylic oxidation sites excluding steroid dienone is 1. The first-order valence-corrected chi connectivity index (χ1v) is 10.2. The minimum atomic E-state index is -0.955. The third-order valence-corrected chi connectivity index (χ3v) is 5.10. The number of hydrogen-bond donors (Lipinski definition) is 2. The van der Waals surface area contributed by atoms with Gasteiger partial charge < -0.3 is 14.9 Å². The summed E-state index contributed by atoms with van der Waals surface area (Å²) in [6.07, 6.45) is 14.9. The van der Waals surface area contributed by atoms with Gasteiger partial charge in [0.25, 0.3) is 0 Å². The van der Waals surface area contributed by atoms with Gasteiger partial charge in [0.15, 0.2) is 0 Å². The number of aliphatic hydroxyl groups is 2. The highest BCUT2D eigenvalue weighted by Gasteiger charge is 2.35. The highest BCUT2D eigenvalue weighted by molar-refractivity contribution is 5.70. The maximum atomic E-state index is 11.7. The van der Waals surface area contributed by atoms with Gasteiger partial charge in [-0.05, 0) is 44.9 Å². The maximum absolute atomic E-state index is 11.7. The SMILES string of the molecule is CCCCCCCCC(O)C=C[C@H]1CCC[C@](O)(CC(=O)OCC)C1. The van der Waals surface area contributed by atoms with Gasteiger partial charge in [-0.15, -0.1) is 0 Å². The molecule has 1 rings (SSSR count). The van der Waals surface area contributed by atoms with E-state index in [4.69, 9.17) is 4.74 Å². The van der Waals surface area contributed by atoms with Crippen LogP contribution in [0.5, 0.6) is 0 Å². The first-order chi connectivity index (χ1) is 12.0. The summed E-state index contributed by atoms with van der Waals surface area (Å²) in [5, 5.41) is 20.8. The van der Waals surface area contributed by atoms with E-state index >= 15 is 0 Å². The number of hydrogen-bond acceptors (Lipinski definition) is 4. The average Bonchev–Trinajstić information content (AvgIpc) is 2.56. The molecular formula is C21H38O4. The lowest BCUT2D eigenvalue weighted by Gasteiger charge is -2.35. The number of carbonyl (C=O) groups excluding carboxylic acids is 1. The average molecular weight is 355 g/mol. The lowest BCUT2D eigenvalue weighted by atomic mass is 9.76. The van der Waals surface area contributed by atoms with Crippen molar-refractivity contribution in [3.8, 4) is 0 Å². The van der Waals surface area contributed by atoms with Crippen LogP contribution >= 0.6 is 0 Å². The van der Waals surface area contributed by atoms with Crippen LogP contribution in [0.4, 0.5) is 0 Å². The van der Waals surface area contributed by atoms with E-state index in [0.29, 0.717) is 19.4 Å². The van der Waals surface area contributed by atoms with Crippen molar-refractivity contribution < 1.29 is 19.7 Å². The first-order valence-electron chi connectivity index (χ1n) is 10.2. The molecule has 0 aliphatic heterocycles. The van der Waals surface area contributed by atoms with Crippen LogP contribution in [0.15, 0.2) is 12.2 Å². The predicted octanol–water partition coefficient (Wildman–Crippen LogP) is 4.53. The largest absolute Gasteiger partial charge is 0.466 e. The molecule has 2 N–H and O–H groups in total. The summed E-state index contributed by atoms with van der Waals surface area (Å²) in [7, 11) is 0. The Hall–Kier alpha value is -0.870. The second-order valence-electron chi connectivity index (χ2n) is 7.57. The standard InChI is InChI=1S/C21H38O4/c1-3-5-6-7-8-9-12-19(22)14-13-18-11-10-15-21(24,16-18)17-20(23)25-4-2/h13-14,18-19,22,24H,3-12,15-17H2,1-2H3/t18-,19?,21-/m1/s1. The van der Waals surface area contributed by atoms with Gasteiger partial charge in [-0.1, -0.05) is 57.6 Å². The zero-order chi connectivity index (χ0) is 18.5. The fourth-order valence-electron chi connectivity index (χ4n) is 3.71. The third-order valence-electron chi connectivity index (χ3n) is 5.10. The Labute approximate surface area is 153 Å². The van der Waals surface area contributed by atoms with Crippen molar-refractivity contribution >= 4 is 5.97 Å². The number of esters is 1. The van der Waals surface area contributed by atoms with Crippen LogP contribution in [0.3, 0.4) is 0 Å². The number of aliphatic hydroxyl groups excluding tert-OH is 1. The van der Waals surface area contributed by atoms with Gasteiger partial charge in [0.05, 0.1) is 24.7 Å². The summed E-state index contributed by atoms with van der Waals surface area (Å²) >= 11 is 0. The molecular weight excluding hydrogens is 316 g/mol. The Morgan fingerprint density at radius 2 is 1.96 bits per heavy atom.